The van der Waals surface area contributed by atoms with E-state index in [0.717, 1.165) is 0 Å². The highest BCUT2D eigenvalue weighted by molar-refractivity contribution is 6.10. The Labute approximate surface area is 157 Å². The van der Waals surface area contributed by atoms with Crippen molar-refractivity contribution in [3.05, 3.63) is 59.7 Å². The fourth-order valence-corrected chi connectivity index (χ4v) is 2.25. The topological polar surface area (TPSA) is 92.7 Å². The quantitative estimate of drug-likeness (QED) is 0.566. The van der Waals surface area contributed by atoms with E-state index in [1.807, 2.05) is 0 Å². The molecule has 6 heteroatoms. The number of phenols is 1. The Morgan fingerprint density at radius 2 is 1.41 bits per heavy atom. The number of rotatable bonds is 8. The molecule has 0 heterocycles. The molecule has 0 aliphatic rings. The van der Waals surface area contributed by atoms with E-state index in [0.29, 0.717) is 16.9 Å². The molecule has 27 heavy (non-hydrogen) atoms. The van der Waals surface area contributed by atoms with Crippen LogP contribution in [0.4, 0.5) is 0 Å². The summed E-state index contributed by atoms with van der Waals surface area (Å²) in [7, 11) is 2.82. The molecule has 0 saturated carbocycles. The minimum absolute atomic E-state index is 0.00272. The van der Waals surface area contributed by atoms with E-state index in [4.69, 9.17) is 9.47 Å². The third-order valence-corrected chi connectivity index (χ3v) is 3.66. The fourth-order valence-electron chi connectivity index (χ4n) is 2.25. The van der Waals surface area contributed by atoms with Gasteiger partial charge in [0.05, 0.1) is 20.6 Å². The van der Waals surface area contributed by atoms with Crippen LogP contribution in [0.1, 0.15) is 17.5 Å². The Bertz CT molecular complexity index is 822. The number of carbonyl (C=O) groups excluding carboxylic acids is 2. The predicted octanol–water partition coefficient (Wildman–Crippen LogP) is 3.81. The number of benzene rings is 2. The molecule has 0 saturated heterocycles. The van der Waals surface area contributed by atoms with Crippen LogP contribution in [0.2, 0.25) is 0 Å². The zero-order valence-electron chi connectivity index (χ0n) is 15.0. The molecule has 1 N–H and O–H groups in total. The van der Waals surface area contributed by atoms with E-state index in [1.165, 1.54) is 50.6 Å². The van der Waals surface area contributed by atoms with Crippen LogP contribution in [0.15, 0.2) is 48.6 Å². The maximum absolute atomic E-state index is 11.9. The number of ketones is 2. The lowest BCUT2D eigenvalue weighted by Gasteiger charge is -2.03. The molecule has 0 aliphatic carbocycles. The first-order chi connectivity index (χ1) is 12.9. The van der Waals surface area contributed by atoms with Crippen LogP contribution in [-0.2, 0) is 14.7 Å². The maximum Gasteiger partial charge on any atom is 0.220 e. The van der Waals surface area contributed by atoms with E-state index in [-0.39, 0.29) is 35.2 Å². The van der Waals surface area contributed by atoms with Gasteiger partial charge in [0.25, 0.3) is 0 Å². The van der Waals surface area contributed by atoms with Gasteiger partial charge >= 0.3 is 0 Å². The minimum atomic E-state index is -0.363. The predicted molar refractivity (Wildman–Crippen MR) is 100 cm³/mol. The summed E-state index contributed by atoms with van der Waals surface area (Å²) >= 11 is 0. The fraction of sp³-hybridized carbons (Fsp3) is 0.143. The Morgan fingerprint density at radius 1 is 0.889 bits per heavy atom. The van der Waals surface area contributed by atoms with E-state index >= 15 is 0 Å². The van der Waals surface area contributed by atoms with Crippen molar-refractivity contribution in [2.75, 3.05) is 14.2 Å². The second-order valence-electron chi connectivity index (χ2n) is 5.62. The summed E-state index contributed by atoms with van der Waals surface area (Å²) in [5.74, 6) is -0.478. The van der Waals surface area contributed by atoms with Gasteiger partial charge in [-0.15, -0.1) is 0 Å². The molecule has 2 rings (SSSR count). The Morgan fingerprint density at radius 3 is 1.96 bits per heavy atom. The molecular weight excluding hydrogens is 348 g/mol. The van der Waals surface area contributed by atoms with Crippen LogP contribution in [0.25, 0.3) is 12.2 Å². The van der Waals surface area contributed by atoms with Gasteiger partial charge in [0.2, 0.25) is 5.75 Å². The summed E-state index contributed by atoms with van der Waals surface area (Å²) < 4.78 is 9.93. The number of methoxy groups -OCH3 is 2. The van der Waals surface area contributed by atoms with Crippen LogP contribution >= 0.6 is 0 Å². The van der Waals surface area contributed by atoms with Gasteiger partial charge in [-0.2, -0.15) is 0 Å². The highest BCUT2D eigenvalue weighted by Crippen LogP contribution is 2.28. The summed E-state index contributed by atoms with van der Waals surface area (Å²) in [5, 5.41) is 21.0. The zero-order valence-corrected chi connectivity index (χ0v) is 15.0. The van der Waals surface area contributed by atoms with Crippen LogP contribution in [0.3, 0.4) is 0 Å². The molecule has 0 atom stereocenters. The monoisotopic (exact) mass is 367 g/mol. The van der Waals surface area contributed by atoms with Crippen molar-refractivity contribution < 1.29 is 29.3 Å². The van der Waals surface area contributed by atoms with Crippen molar-refractivity contribution in [3.8, 4) is 23.0 Å². The highest BCUT2D eigenvalue weighted by atomic mass is 16.5. The lowest BCUT2D eigenvalue weighted by molar-refractivity contribution is -0.121. The number of carbonyl (C=O) groups is 2. The second-order valence-corrected chi connectivity index (χ2v) is 5.62. The zero-order chi connectivity index (χ0) is 19.8. The Balaban J connectivity index is 1.96. The van der Waals surface area contributed by atoms with Gasteiger partial charge in [0, 0.05) is 0 Å². The van der Waals surface area contributed by atoms with Gasteiger partial charge < -0.3 is 14.6 Å². The summed E-state index contributed by atoms with van der Waals surface area (Å²) in [4.78, 5) is 23.8. The van der Waals surface area contributed by atoms with Gasteiger partial charge in [-0.25, -0.2) is 0 Å². The van der Waals surface area contributed by atoms with E-state index in [2.05, 4.69) is 0 Å². The van der Waals surface area contributed by atoms with E-state index in [1.54, 1.807) is 24.3 Å². The largest absolute Gasteiger partial charge is 0.504 e. The SMILES string of the molecule is COc1cc(/C=C/C(=O)CC(=O)/C=C/c2ccc(O)c(OC)c2)ccc1[O]. The standard InChI is InChI=1S/C21H19O6/c1-26-20-11-14(5-9-18(20)24)3-7-16(22)13-17(23)8-4-15-6-10-19(25)21(12-15)27-2/h3-12,24H,13H2,1-2H3/b7-3+,8-4+. The number of ether oxygens (including phenoxy) is 2. The van der Waals surface area contributed by atoms with Crippen molar-refractivity contribution >= 4 is 23.7 Å². The average molecular weight is 367 g/mol. The number of phenolic OH excluding ortho intramolecular Hbond substituents is 1. The lowest BCUT2D eigenvalue weighted by Crippen LogP contribution is -2.01. The smallest absolute Gasteiger partial charge is 0.220 e. The maximum atomic E-state index is 11.9. The molecule has 139 valence electrons. The molecule has 0 bridgehead atoms. The van der Waals surface area contributed by atoms with Gasteiger partial charge in [0.15, 0.2) is 28.8 Å². The lowest BCUT2D eigenvalue weighted by atomic mass is 10.1. The van der Waals surface area contributed by atoms with Crippen LogP contribution in [0, 0.1) is 0 Å². The average Bonchev–Trinajstić information content (AvgIpc) is 2.66. The van der Waals surface area contributed by atoms with Crippen LogP contribution in [0.5, 0.6) is 23.0 Å². The minimum Gasteiger partial charge on any atom is -0.504 e. The van der Waals surface area contributed by atoms with Crippen molar-refractivity contribution in [2.45, 2.75) is 6.42 Å². The molecule has 2 aromatic rings. The molecule has 6 nitrogen and oxygen atoms in total. The van der Waals surface area contributed by atoms with Crippen molar-refractivity contribution in [1.82, 2.24) is 0 Å². The van der Waals surface area contributed by atoms with Gasteiger partial charge in [-0.1, -0.05) is 24.3 Å². The number of hydrogen-bond acceptors (Lipinski definition) is 5. The summed E-state index contributed by atoms with van der Waals surface area (Å²) in [6.45, 7) is 0. The summed E-state index contributed by atoms with van der Waals surface area (Å²) in [6.07, 6.45) is 5.37. The number of hydrogen-bond donors (Lipinski definition) is 1. The molecule has 0 unspecified atom stereocenters. The molecule has 0 spiro atoms. The first-order valence-electron chi connectivity index (χ1n) is 8.07. The number of allylic oxidation sites excluding steroid dienone is 2. The first-order valence-corrected chi connectivity index (χ1v) is 8.07. The summed E-state index contributed by atoms with van der Waals surface area (Å²) in [6, 6.07) is 9.09. The van der Waals surface area contributed by atoms with E-state index in [9.17, 15) is 19.8 Å². The first kappa shape index (κ1) is 19.8. The summed E-state index contributed by atoms with van der Waals surface area (Å²) in [5.41, 5.74) is 1.28. The van der Waals surface area contributed by atoms with Gasteiger partial charge in [-0.05, 0) is 47.5 Å². The van der Waals surface area contributed by atoms with Crippen molar-refractivity contribution in [2.24, 2.45) is 0 Å². The molecular formula is C21H19O6. The third-order valence-electron chi connectivity index (χ3n) is 3.66. The Hall–Kier alpha value is -3.54. The molecule has 0 amide bonds. The second kappa shape index (κ2) is 9.24. The molecule has 2 aromatic carbocycles. The normalized spacial score (nSPS) is 11.0. The van der Waals surface area contributed by atoms with Crippen molar-refractivity contribution in [1.29, 1.82) is 0 Å². The van der Waals surface area contributed by atoms with E-state index < -0.39 is 0 Å². The van der Waals surface area contributed by atoms with Crippen LogP contribution in [-0.4, -0.2) is 30.9 Å². The molecule has 1 radical (unpaired) electrons. The third kappa shape index (κ3) is 5.74. The molecule has 0 fully saturated rings. The number of aromatic hydroxyl groups is 1. The van der Waals surface area contributed by atoms with Crippen molar-refractivity contribution in [3.63, 3.8) is 0 Å². The highest BCUT2D eigenvalue weighted by Gasteiger charge is 2.06. The van der Waals surface area contributed by atoms with Gasteiger partial charge in [-0.3, -0.25) is 14.7 Å². The molecule has 0 aliphatic heterocycles. The van der Waals surface area contributed by atoms with Crippen LogP contribution < -0.4 is 9.47 Å². The molecule has 0 aromatic heterocycles. The Kier molecular flexibility index (Phi) is 6.77. The van der Waals surface area contributed by atoms with Gasteiger partial charge in [0.1, 0.15) is 0 Å².